The Hall–Kier alpha value is -1.66. The second-order valence-corrected chi connectivity index (χ2v) is 17.9. The molecule has 0 aromatic heterocycles. The molecule has 0 aliphatic rings. The van der Waals surface area contributed by atoms with Gasteiger partial charge in [0.05, 0.1) is 25.4 Å². The molecule has 0 saturated carbocycles. The van der Waals surface area contributed by atoms with Gasteiger partial charge in [0.1, 0.15) is 0 Å². The number of aliphatic hydroxyl groups excluding tert-OH is 2. The average Bonchev–Trinajstić information content (AvgIpc) is 3.24. The van der Waals surface area contributed by atoms with Crippen molar-refractivity contribution < 1.29 is 24.5 Å². The van der Waals surface area contributed by atoms with Gasteiger partial charge in [0.2, 0.25) is 5.91 Å². The van der Waals surface area contributed by atoms with Crippen LogP contribution in [0.25, 0.3) is 0 Å². The Balaban J connectivity index is 3.48. The number of rotatable bonds is 48. The Morgan fingerprint density at radius 2 is 0.831 bits per heavy atom. The molecule has 0 saturated heterocycles. The maximum atomic E-state index is 12.4. The van der Waals surface area contributed by atoms with E-state index >= 15 is 0 Å². The fourth-order valence-electron chi connectivity index (χ4n) is 7.98. The largest absolute Gasteiger partial charge is 0.466 e. The Bertz CT molecular complexity index is 920. The summed E-state index contributed by atoms with van der Waals surface area (Å²) in [5.74, 6) is -0.0594. The van der Waals surface area contributed by atoms with Crippen LogP contribution in [0.1, 0.15) is 277 Å². The molecule has 2 atom stereocenters. The van der Waals surface area contributed by atoms with E-state index in [0.29, 0.717) is 25.9 Å². The lowest BCUT2D eigenvalue weighted by molar-refractivity contribution is -0.143. The zero-order valence-electron chi connectivity index (χ0n) is 39.5. The molecular formula is C53H101NO5. The SMILES string of the molecule is CCCCCCCCCCCCCCC(O)C(CO)NC(=O)CCCCCCCCCCCC/C=C\C=C/CCCCCOC(=O)CCCCCCCCCCCCC. The summed E-state index contributed by atoms with van der Waals surface area (Å²) in [5, 5.41) is 23.2. The van der Waals surface area contributed by atoms with Crippen LogP contribution >= 0.6 is 0 Å². The highest BCUT2D eigenvalue weighted by molar-refractivity contribution is 5.76. The zero-order valence-corrected chi connectivity index (χ0v) is 39.5. The Morgan fingerprint density at radius 3 is 1.25 bits per heavy atom. The van der Waals surface area contributed by atoms with Gasteiger partial charge in [-0.1, -0.05) is 231 Å². The van der Waals surface area contributed by atoms with Crippen molar-refractivity contribution in [3.05, 3.63) is 24.3 Å². The molecule has 59 heavy (non-hydrogen) atoms. The summed E-state index contributed by atoms with van der Waals surface area (Å²) in [6.07, 6.45) is 57.2. The van der Waals surface area contributed by atoms with Crippen molar-refractivity contribution >= 4 is 11.9 Å². The van der Waals surface area contributed by atoms with Crippen LogP contribution < -0.4 is 5.32 Å². The molecule has 348 valence electrons. The van der Waals surface area contributed by atoms with E-state index in [1.165, 1.54) is 173 Å². The highest BCUT2D eigenvalue weighted by Gasteiger charge is 2.20. The van der Waals surface area contributed by atoms with Gasteiger partial charge >= 0.3 is 5.97 Å². The lowest BCUT2D eigenvalue weighted by Gasteiger charge is -2.22. The van der Waals surface area contributed by atoms with Crippen molar-refractivity contribution in [2.24, 2.45) is 0 Å². The number of amides is 1. The molecule has 2 unspecified atom stereocenters. The second-order valence-electron chi connectivity index (χ2n) is 17.9. The number of esters is 1. The number of hydrogen-bond donors (Lipinski definition) is 3. The first-order chi connectivity index (χ1) is 29.0. The molecule has 6 heteroatoms. The van der Waals surface area contributed by atoms with E-state index in [4.69, 9.17) is 4.74 Å². The van der Waals surface area contributed by atoms with Crippen LogP contribution in [0.5, 0.6) is 0 Å². The van der Waals surface area contributed by atoms with E-state index in [-0.39, 0.29) is 18.5 Å². The van der Waals surface area contributed by atoms with Crippen molar-refractivity contribution in [3.8, 4) is 0 Å². The number of hydrogen-bond acceptors (Lipinski definition) is 5. The molecule has 0 radical (unpaired) electrons. The minimum Gasteiger partial charge on any atom is -0.466 e. The Morgan fingerprint density at radius 1 is 0.475 bits per heavy atom. The fraction of sp³-hybridized carbons (Fsp3) is 0.887. The normalized spacial score (nSPS) is 12.8. The maximum absolute atomic E-state index is 12.4. The first kappa shape index (κ1) is 57.3. The van der Waals surface area contributed by atoms with E-state index in [9.17, 15) is 19.8 Å². The highest BCUT2D eigenvalue weighted by Crippen LogP contribution is 2.16. The number of aliphatic hydroxyl groups is 2. The van der Waals surface area contributed by atoms with Gasteiger partial charge in [-0.2, -0.15) is 0 Å². The van der Waals surface area contributed by atoms with Crippen LogP contribution in [0, 0.1) is 0 Å². The van der Waals surface area contributed by atoms with Crippen LogP contribution in [0.3, 0.4) is 0 Å². The number of carbonyl (C=O) groups is 2. The maximum Gasteiger partial charge on any atom is 0.305 e. The molecule has 0 heterocycles. The molecule has 0 fully saturated rings. The van der Waals surface area contributed by atoms with Gasteiger partial charge in [-0.15, -0.1) is 0 Å². The molecule has 0 aliphatic carbocycles. The van der Waals surface area contributed by atoms with E-state index < -0.39 is 12.1 Å². The molecule has 0 rings (SSSR count). The molecule has 6 nitrogen and oxygen atoms in total. The quantitative estimate of drug-likeness (QED) is 0.0322. The smallest absolute Gasteiger partial charge is 0.305 e. The van der Waals surface area contributed by atoms with Crippen LogP contribution in [-0.4, -0.2) is 47.4 Å². The highest BCUT2D eigenvalue weighted by atomic mass is 16.5. The van der Waals surface area contributed by atoms with E-state index in [1.807, 2.05) is 0 Å². The first-order valence-electron chi connectivity index (χ1n) is 26.1. The fourth-order valence-corrected chi connectivity index (χ4v) is 7.98. The molecule has 3 N–H and O–H groups in total. The predicted octanol–water partition coefficient (Wildman–Crippen LogP) is 15.5. The van der Waals surface area contributed by atoms with Gasteiger partial charge in [-0.3, -0.25) is 9.59 Å². The van der Waals surface area contributed by atoms with E-state index in [1.54, 1.807) is 0 Å². The monoisotopic (exact) mass is 832 g/mol. The summed E-state index contributed by atoms with van der Waals surface area (Å²) in [5.41, 5.74) is 0. The van der Waals surface area contributed by atoms with Crippen LogP contribution in [0.15, 0.2) is 24.3 Å². The van der Waals surface area contributed by atoms with E-state index in [0.717, 1.165) is 70.6 Å². The van der Waals surface area contributed by atoms with Crippen LogP contribution in [0.4, 0.5) is 0 Å². The number of unbranched alkanes of at least 4 members (excludes halogenated alkanes) is 34. The third-order valence-electron chi connectivity index (χ3n) is 12.0. The third-order valence-corrected chi connectivity index (χ3v) is 12.0. The zero-order chi connectivity index (χ0) is 43.0. The summed E-state index contributed by atoms with van der Waals surface area (Å²) in [7, 11) is 0. The lowest BCUT2D eigenvalue weighted by Crippen LogP contribution is -2.45. The average molecular weight is 832 g/mol. The Labute approximate surface area is 367 Å². The molecule has 0 aromatic carbocycles. The molecular weight excluding hydrogens is 731 g/mol. The minimum absolute atomic E-state index is 0.0139. The summed E-state index contributed by atoms with van der Waals surface area (Å²) in [6, 6.07) is -0.547. The lowest BCUT2D eigenvalue weighted by atomic mass is 10.0. The van der Waals surface area contributed by atoms with Crippen molar-refractivity contribution in [2.75, 3.05) is 13.2 Å². The number of nitrogens with one attached hydrogen (secondary N) is 1. The summed E-state index contributed by atoms with van der Waals surface area (Å²) in [6.45, 7) is 4.90. The second kappa shape index (κ2) is 49.0. The number of carbonyl (C=O) groups excluding carboxylic acids is 2. The van der Waals surface area contributed by atoms with Crippen LogP contribution in [0.2, 0.25) is 0 Å². The van der Waals surface area contributed by atoms with Gasteiger partial charge in [-0.25, -0.2) is 0 Å². The van der Waals surface area contributed by atoms with Gasteiger partial charge in [0.25, 0.3) is 0 Å². The van der Waals surface area contributed by atoms with Gasteiger partial charge in [0.15, 0.2) is 0 Å². The van der Waals surface area contributed by atoms with Crippen molar-refractivity contribution in [3.63, 3.8) is 0 Å². The van der Waals surface area contributed by atoms with Gasteiger partial charge < -0.3 is 20.3 Å². The Kier molecular flexibility index (Phi) is 47.6. The molecule has 0 aliphatic heterocycles. The first-order valence-corrected chi connectivity index (χ1v) is 26.1. The number of ether oxygens (including phenoxy) is 1. The summed E-state index contributed by atoms with van der Waals surface area (Å²) < 4.78 is 5.43. The van der Waals surface area contributed by atoms with Crippen molar-refractivity contribution in [2.45, 2.75) is 289 Å². The number of allylic oxidation sites excluding steroid dienone is 4. The van der Waals surface area contributed by atoms with Gasteiger partial charge in [0, 0.05) is 12.8 Å². The summed E-state index contributed by atoms with van der Waals surface area (Å²) >= 11 is 0. The third kappa shape index (κ3) is 45.7. The van der Waals surface area contributed by atoms with E-state index in [2.05, 4.69) is 43.5 Å². The minimum atomic E-state index is -0.669. The summed E-state index contributed by atoms with van der Waals surface area (Å²) in [4.78, 5) is 24.4. The molecule has 0 bridgehead atoms. The standard InChI is InChI=1S/C53H101NO5/c1-3-5-7-9-11-13-15-26-29-33-37-41-45-51(56)50(49-55)54-52(57)46-42-38-34-30-27-23-21-19-17-16-18-20-22-24-28-32-36-40-44-48-59-53(58)47-43-39-35-31-25-14-12-10-8-6-4-2/h20,22,24,28,50-51,55-56H,3-19,21,23,25-27,29-49H2,1-2H3,(H,54,57)/b22-20-,28-24-. The molecule has 1 amide bonds. The van der Waals surface area contributed by atoms with Crippen molar-refractivity contribution in [1.29, 1.82) is 0 Å². The van der Waals surface area contributed by atoms with Crippen LogP contribution in [-0.2, 0) is 14.3 Å². The van der Waals surface area contributed by atoms with Crippen molar-refractivity contribution in [1.82, 2.24) is 5.32 Å². The molecule has 0 aromatic rings. The topological polar surface area (TPSA) is 95.9 Å². The van der Waals surface area contributed by atoms with Gasteiger partial charge in [-0.05, 0) is 57.8 Å². The predicted molar refractivity (Wildman–Crippen MR) is 255 cm³/mol. The molecule has 0 spiro atoms.